The molecule has 0 aromatic heterocycles. The second-order valence-electron chi connectivity index (χ2n) is 6.27. The van der Waals surface area contributed by atoms with Crippen molar-refractivity contribution in [3.8, 4) is 11.5 Å². The normalized spacial score (nSPS) is 13.6. The minimum Gasteiger partial charge on any atom is -0.493 e. The van der Waals surface area contributed by atoms with Crippen molar-refractivity contribution in [3.05, 3.63) is 23.8 Å². The average molecular weight is 517 g/mol. The van der Waals surface area contributed by atoms with Crippen molar-refractivity contribution in [2.45, 2.75) is 36.7 Å². The molecule has 0 saturated heterocycles. The van der Waals surface area contributed by atoms with Crippen LogP contribution in [0.1, 0.15) is 5.56 Å². The number of esters is 2. The first-order valence-corrected chi connectivity index (χ1v) is 8.46. The molecule has 0 aliphatic carbocycles. The molecule has 1 unspecified atom stereocenters. The lowest BCUT2D eigenvalue weighted by atomic mass is 10.0. The summed E-state index contributed by atoms with van der Waals surface area (Å²) in [5.74, 6) is -20.8. The van der Waals surface area contributed by atoms with E-state index in [1.54, 1.807) is 0 Å². The minimum absolute atomic E-state index is 0.217. The summed E-state index contributed by atoms with van der Waals surface area (Å²) in [4.78, 5) is 34.3. The number of nitrogens with one attached hydrogen (secondary N) is 1. The molecular formula is C17H13F10NO6. The maximum Gasteiger partial charge on any atom is 0.465 e. The summed E-state index contributed by atoms with van der Waals surface area (Å²) in [5, 5.41) is 1.15. The topological polar surface area (TPSA) is 90.9 Å². The average Bonchev–Trinajstić information content (AvgIpc) is 2.71. The van der Waals surface area contributed by atoms with Crippen LogP contribution in [0.2, 0.25) is 0 Å². The van der Waals surface area contributed by atoms with E-state index in [1.807, 2.05) is 0 Å². The van der Waals surface area contributed by atoms with Crippen LogP contribution in [0.4, 0.5) is 43.9 Å². The van der Waals surface area contributed by atoms with Crippen LogP contribution >= 0.6 is 0 Å². The van der Waals surface area contributed by atoms with Crippen LogP contribution < -0.4 is 14.8 Å². The number of benzene rings is 1. The summed E-state index contributed by atoms with van der Waals surface area (Å²) < 4.78 is 139. The summed E-state index contributed by atoms with van der Waals surface area (Å²) in [6, 6.07) is 0.0523. The van der Waals surface area contributed by atoms with Crippen molar-refractivity contribution in [3.63, 3.8) is 0 Å². The number of alkyl halides is 10. The van der Waals surface area contributed by atoms with Crippen molar-refractivity contribution in [1.82, 2.24) is 5.32 Å². The lowest BCUT2D eigenvalue weighted by Crippen LogP contribution is -2.55. The maximum atomic E-state index is 13.2. The van der Waals surface area contributed by atoms with E-state index in [9.17, 15) is 58.3 Å². The molecule has 0 aliphatic heterocycles. The lowest BCUT2D eigenvalue weighted by molar-refractivity contribution is -0.276. The second-order valence-corrected chi connectivity index (χ2v) is 6.27. The van der Waals surface area contributed by atoms with E-state index >= 15 is 0 Å². The Morgan fingerprint density at radius 2 is 1.38 bits per heavy atom. The van der Waals surface area contributed by atoms with Gasteiger partial charge in [-0.3, -0.25) is 4.79 Å². The number of carbonyl (C=O) groups excluding carboxylic acids is 3. The van der Waals surface area contributed by atoms with E-state index in [0.717, 1.165) is 24.6 Å². The van der Waals surface area contributed by atoms with Crippen LogP contribution in [0.5, 0.6) is 11.5 Å². The lowest BCUT2D eigenvalue weighted by Gasteiger charge is -2.23. The van der Waals surface area contributed by atoms with Crippen molar-refractivity contribution in [2.75, 3.05) is 14.2 Å². The summed E-state index contributed by atoms with van der Waals surface area (Å²) in [6.45, 7) is 0. The molecule has 0 spiro atoms. The smallest absolute Gasteiger partial charge is 0.465 e. The Bertz CT molecular complexity index is 928. The zero-order valence-electron chi connectivity index (χ0n) is 16.7. The number of amides is 1. The highest BCUT2D eigenvalue weighted by atomic mass is 19.4. The van der Waals surface area contributed by atoms with Gasteiger partial charge >= 0.3 is 42.0 Å². The quantitative estimate of drug-likeness (QED) is 0.324. The van der Waals surface area contributed by atoms with Gasteiger partial charge in [-0.05, 0) is 17.7 Å². The van der Waals surface area contributed by atoms with Crippen molar-refractivity contribution in [1.29, 1.82) is 0 Å². The predicted octanol–water partition coefficient (Wildman–Crippen LogP) is 3.20. The first kappa shape index (κ1) is 28.8. The molecule has 1 rings (SSSR count). The largest absolute Gasteiger partial charge is 0.493 e. The van der Waals surface area contributed by atoms with E-state index in [0.29, 0.717) is 13.2 Å². The van der Waals surface area contributed by atoms with Crippen LogP contribution in [0, 0.1) is 0 Å². The summed E-state index contributed by atoms with van der Waals surface area (Å²) in [5.41, 5.74) is -0.217. The maximum absolute atomic E-state index is 13.2. The number of methoxy groups -OCH3 is 2. The Labute approximate surface area is 182 Å². The van der Waals surface area contributed by atoms with Crippen LogP contribution in [0.25, 0.3) is 0 Å². The number of halogens is 10. The standard InChI is InChI=1S/C17H13F10NO6/c1-32-10-6-7(3-4-9(10)34-13(31)15(20,21)17(25,26)27)5-8(11(29)33-2)28-12(30)14(18,19)16(22,23)24/h3-4,6,8H,5H2,1-2H3,(H,28,30). The number of hydrogen-bond acceptors (Lipinski definition) is 6. The van der Waals surface area contributed by atoms with Gasteiger partial charge in [0.2, 0.25) is 0 Å². The monoisotopic (exact) mass is 517 g/mol. The fourth-order valence-electron chi connectivity index (χ4n) is 2.15. The first-order chi connectivity index (χ1) is 15.3. The van der Waals surface area contributed by atoms with Gasteiger partial charge in [0.25, 0.3) is 0 Å². The van der Waals surface area contributed by atoms with E-state index in [1.165, 1.54) is 0 Å². The highest BCUT2D eigenvalue weighted by Gasteiger charge is 2.65. The number of ether oxygens (including phenoxy) is 3. The van der Waals surface area contributed by atoms with Gasteiger partial charge in [-0.25, -0.2) is 9.59 Å². The zero-order valence-corrected chi connectivity index (χ0v) is 16.7. The van der Waals surface area contributed by atoms with Gasteiger partial charge < -0.3 is 19.5 Å². The minimum atomic E-state index is -6.29. The predicted molar refractivity (Wildman–Crippen MR) is 88.3 cm³/mol. The van der Waals surface area contributed by atoms with Gasteiger partial charge in [-0.2, -0.15) is 43.9 Å². The molecule has 17 heteroatoms. The van der Waals surface area contributed by atoms with Gasteiger partial charge in [-0.15, -0.1) is 0 Å². The van der Waals surface area contributed by atoms with E-state index in [4.69, 9.17) is 0 Å². The Morgan fingerprint density at radius 3 is 1.82 bits per heavy atom. The third-order valence-corrected chi connectivity index (χ3v) is 3.92. The molecular weight excluding hydrogens is 504 g/mol. The van der Waals surface area contributed by atoms with Crippen LogP contribution in [-0.2, 0) is 25.5 Å². The van der Waals surface area contributed by atoms with E-state index in [2.05, 4.69) is 14.2 Å². The van der Waals surface area contributed by atoms with Gasteiger partial charge in [0, 0.05) is 6.42 Å². The van der Waals surface area contributed by atoms with Crippen LogP contribution in [-0.4, -0.2) is 62.3 Å². The fourth-order valence-corrected chi connectivity index (χ4v) is 2.15. The molecule has 1 atom stereocenters. The molecule has 0 fully saturated rings. The highest BCUT2D eigenvalue weighted by Crippen LogP contribution is 2.38. The highest BCUT2D eigenvalue weighted by molar-refractivity contribution is 5.89. The van der Waals surface area contributed by atoms with Gasteiger partial charge in [0.1, 0.15) is 6.04 Å². The van der Waals surface area contributed by atoms with Crippen molar-refractivity contribution >= 4 is 17.8 Å². The SMILES string of the molecule is COC(=O)C(Cc1ccc(OC(=O)C(F)(F)C(F)(F)F)c(OC)c1)NC(=O)C(F)(F)C(F)(F)F. The van der Waals surface area contributed by atoms with Gasteiger partial charge in [0.05, 0.1) is 14.2 Å². The molecule has 1 N–H and O–H groups in total. The van der Waals surface area contributed by atoms with Gasteiger partial charge in [0.15, 0.2) is 11.5 Å². The Kier molecular flexibility index (Phi) is 8.39. The number of carbonyl (C=O) groups is 3. The number of rotatable bonds is 8. The summed E-state index contributed by atoms with van der Waals surface area (Å²) in [6.07, 6.45) is -13.4. The molecule has 0 saturated carbocycles. The number of hydrogen-bond donors (Lipinski definition) is 1. The molecule has 1 amide bonds. The molecule has 192 valence electrons. The Hall–Kier alpha value is -3.27. The summed E-state index contributed by atoms with van der Waals surface area (Å²) >= 11 is 0. The molecule has 0 heterocycles. The van der Waals surface area contributed by atoms with E-state index in [-0.39, 0.29) is 5.56 Å². The molecule has 0 aliphatic rings. The van der Waals surface area contributed by atoms with E-state index < -0.39 is 66.0 Å². The van der Waals surface area contributed by atoms with Crippen molar-refractivity contribution < 1.29 is 72.5 Å². The third-order valence-electron chi connectivity index (χ3n) is 3.92. The van der Waals surface area contributed by atoms with Crippen LogP contribution in [0.15, 0.2) is 18.2 Å². The van der Waals surface area contributed by atoms with Crippen molar-refractivity contribution in [2.24, 2.45) is 0 Å². The first-order valence-electron chi connectivity index (χ1n) is 8.46. The second kappa shape index (κ2) is 9.92. The molecule has 7 nitrogen and oxygen atoms in total. The fraction of sp³-hybridized carbons (Fsp3) is 0.471. The van der Waals surface area contributed by atoms with Crippen LogP contribution in [0.3, 0.4) is 0 Å². The Morgan fingerprint density at radius 1 is 0.853 bits per heavy atom. The molecule has 34 heavy (non-hydrogen) atoms. The Balaban J connectivity index is 3.17. The molecule has 0 bridgehead atoms. The molecule has 1 aromatic rings. The molecule has 0 radical (unpaired) electrons. The zero-order chi connectivity index (χ0) is 26.7. The van der Waals surface area contributed by atoms with Gasteiger partial charge in [-0.1, -0.05) is 6.07 Å². The third kappa shape index (κ3) is 6.19. The summed E-state index contributed by atoms with van der Waals surface area (Å²) in [7, 11) is 1.56. The molecule has 1 aromatic carbocycles.